The molecule has 0 aliphatic carbocycles. The summed E-state index contributed by atoms with van der Waals surface area (Å²) in [4.78, 5) is 25.1. The Morgan fingerprint density at radius 1 is 1.53 bits per heavy atom. The molecule has 6 heteroatoms. The highest BCUT2D eigenvalue weighted by Crippen LogP contribution is 2.17. The Hall–Kier alpha value is -0.810. The van der Waals surface area contributed by atoms with Gasteiger partial charge in [0.25, 0.3) is 0 Å². The van der Waals surface area contributed by atoms with E-state index in [9.17, 15) is 9.59 Å². The molecule has 0 aromatic carbocycles. The van der Waals surface area contributed by atoms with Crippen LogP contribution in [0, 0.1) is 5.92 Å². The van der Waals surface area contributed by atoms with Crippen LogP contribution >= 0.6 is 12.4 Å². The Morgan fingerprint density at radius 3 is 2.88 bits per heavy atom. The lowest BCUT2D eigenvalue weighted by molar-refractivity contribution is -0.137. The molecule has 0 bridgehead atoms. The van der Waals surface area contributed by atoms with E-state index in [1.165, 1.54) is 0 Å². The summed E-state index contributed by atoms with van der Waals surface area (Å²) in [7, 11) is 1.93. The molecule has 2 N–H and O–H groups in total. The van der Waals surface area contributed by atoms with Crippen molar-refractivity contribution in [2.45, 2.75) is 25.3 Å². The second-order valence-corrected chi connectivity index (χ2v) is 4.62. The lowest BCUT2D eigenvalue weighted by Crippen LogP contribution is -2.49. The SMILES string of the molecule is CNC1CCCN(C(=O)C2CNC(=O)C2)C1.Cl. The molecule has 0 spiro atoms. The fraction of sp³-hybridized carbons (Fsp3) is 0.818. The first-order valence-corrected chi connectivity index (χ1v) is 5.93. The molecule has 2 unspecified atom stereocenters. The van der Waals surface area contributed by atoms with Gasteiger partial charge in [-0.3, -0.25) is 9.59 Å². The third-order valence-electron chi connectivity index (χ3n) is 3.47. The minimum absolute atomic E-state index is 0. The molecule has 2 fully saturated rings. The van der Waals surface area contributed by atoms with E-state index in [0.29, 0.717) is 19.0 Å². The molecule has 2 heterocycles. The number of amides is 2. The van der Waals surface area contributed by atoms with Crippen molar-refractivity contribution in [2.24, 2.45) is 5.92 Å². The number of nitrogens with one attached hydrogen (secondary N) is 2. The fourth-order valence-corrected chi connectivity index (χ4v) is 2.45. The van der Waals surface area contributed by atoms with Gasteiger partial charge in [-0.2, -0.15) is 0 Å². The van der Waals surface area contributed by atoms with Crippen molar-refractivity contribution < 1.29 is 9.59 Å². The predicted octanol–water partition coefficient (Wildman–Crippen LogP) is -0.245. The molecule has 0 radical (unpaired) electrons. The molecule has 2 saturated heterocycles. The van der Waals surface area contributed by atoms with Crippen molar-refractivity contribution >= 4 is 24.2 Å². The van der Waals surface area contributed by atoms with Gasteiger partial charge in [-0.05, 0) is 19.9 Å². The summed E-state index contributed by atoms with van der Waals surface area (Å²) in [6.45, 7) is 2.13. The van der Waals surface area contributed by atoms with Crippen molar-refractivity contribution in [2.75, 3.05) is 26.7 Å². The van der Waals surface area contributed by atoms with Crippen LogP contribution in [0.25, 0.3) is 0 Å². The topological polar surface area (TPSA) is 61.4 Å². The van der Waals surface area contributed by atoms with E-state index in [-0.39, 0.29) is 30.1 Å². The molecule has 0 aromatic heterocycles. The second-order valence-electron chi connectivity index (χ2n) is 4.62. The first-order chi connectivity index (χ1) is 7.70. The van der Waals surface area contributed by atoms with Gasteiger partial charge in [0.2, 0.25) is 11.8 Å². The monoisotopic (exact) mass is 261 g/mol. The normalized spacial score (nSPS) is 28.5. The average Bonchev–Trinajstić information content (AvgIpc) is 2.75. The van der Waals surface area contributed by atoms with Crippen LogP contribution in [0.2, 0.25) is 0 Å². The maximum Gasteiger partial charge on any atom is 0.228 e. The van der Waals surface area contributed by atoms with E-state index in [2.05, 4.69) is 10.6 Å². The van der Waals surface area contributed by atoms with E-state index in [1.807, 2.05) is 11.9 Å². The quantitative estimate of drug-likeness (QED) is 0.721. The summed E-state index contributed by atoms with van der Waals surface area (Å²) in [6.07, 6.45) is 2.53. The van der Waals surface area contributed by atoms with Crippen LogP contribution in [-0.4, -0.2) is 49.4 Å². The number of halogens is 1. The second kappa shape index (κ2) is 6.21. The minimum atomic E-state index is -0.136. The number of hydrogen-bond acceptors (Lipinski definition) is 3. The summed E-state index contributed by atoms with van der Waals surface area (Å²) >= 11 is 0. The number of carbonyl (C=O) groups excluding carboxylic acids is 2. The van der Waals surface area contributed by atoms with Crippen molar-refractivity contribution in [3.05, 3.63) is 0 Å². The average molecular weight is 262 g/mol. The Bertz CT molecular complexity index is 298. The van der Waals surface area contributed by atoms with Crippen LogP contribution in [0.4, 0.5) is 0 Å². The number of rotatable bonds is 2. The van der Waals surface area contributed by atoms with Crippen LogP contribution in [0.3, 0.4) is 0 Å². The van der Waals surface area contributed by atoms with Gasteiger partial charge >= 0.3 is 0 Å². The highest BCUT2D eigenvalue weighted by molar-refractivity contribution is 5.89. The van der Waals surface area contributed by atoms with Gasteiger partial charge in [-0.1, -0.05) is 0 Å². The van der Waals surface area contributed by atoms with Crippen molar-refractivity contribution in [3.8, 4) is 0 Å². The number of likely N-dealkylation sites (N-methyl/N-ethyl adjacent to an activating group) is 1. The van der Waals surface area contributed by atoms with Gasteiger partial charge in [0.05, 0.1) is 5.92 Å². The van der Waals surface area contributed by atoms with Crippen molar-refractivity contribution in [3.63, 3.8) is 0 Å². The first-order valence-electron chi connectivity index (χ1n) is 5.93. The van der Waals surface area contributed by atoms with E-state index in [1.54, 1.807) is 0 Å². The zero-order chi connectivity index (χ0) is 11.5. The number of likely N-dealkylation sites (tertiary alicyclic amines) is 1. The van der Waals surface area contributed by atoms with Crippen LogP contribution in [0.5, 0.6) is 0 Å². The van der Waals surface area contributed by atoms with Crippen LogP contribution < -0.4 is 10.6 Å². The Balaban J connectivity index is 0.00000144. The molecule has 98 valence electrons. The lowest BCUT2D eigenvalue weighted by Gasteiger charge is -2.33. The standard InChI is InChI=1S/C11H19N3O2.ClH/c1-12-9-3-2-4-14(7-9)11(16)8-5-10(15)13-6-8;/h8-9,12H,2-7H2,1H3,(H,13,15);1H. The highest BCUT2D eigenvalue weighted by Gasteiger charge is 2.33. The minimum Gasteiger partial charge on any atom is -0.355 e. The highest BCUT2D eigenvalue weighted by atomic mass is 35.5. The summed E-state index contributed by atoms with van der Waals surface area (Å²) in [5, 5.41) is 5.92. The number of piperidine rings is 1. The van der Waals surface area contributed by atoms with Crippen LogP contribution in [-0.2, 0) is 9.59 Å². The zero-order valence-corrected chi connectivity index (χ0v) is 10.9. The summed E-state index contributed by atoms with van der Waals surface area (Å²) in [5.41, 5.74) is 0. The van der Waals surface area contributed by atoms with Crippen molar-refractivity contribution in [1.82, 2.24) is 15.5 Å². The summed E-state index contributed by atoms with van der Waals surface area (Å²) in [5.74, 6) is 0.00179. The Morgan fingerprint density at radius 2 is 2.29 bits per heavy atom. The number of nitrogens with zero attached hydrogens (tertiary/aromatic N) is 1. The van der Waals surface area contributed by atoms with Crippen LogP contribution in [0.15, 0.2) is 0 Å². The van der Waals surface area contributed by atoms with Gasteiger partial charge in [0, 0.05) is 32.1 Å². The molecule has 2 aliphatic rings. The predicted molar refractivity (Wildman–Crippen MR) is 67.0 cm³/mol. The summed E-state index contributed by atoms with van der Waals surface area (Å²) in [6, 6.07) is 0.405. The first kappa shape index (κ1) is 14.3. The van der Waals surface area contributed by atoms with E-state index < -0.39 is 0 Å². The zero-order valence-electron chi connectivity index (χ0n) is 10.1. The number of hydrogen-bond donors (Lipinski definition) is 2. The molecular weight excluding hydrogens is 242 g/mol. The fourth-order valence-electron chi connectivity index (χ4n) is 2.45. The van der Waals surface area contributed by atoms with Gasteiger partial charge in [0.1, 0.15) is 0 Å². The molecular formula is C11H20ClN3O2. The maximum absolute atomic E-state index is 12.1. The molecule has 0 saturated carbocycles. The van der Waals surface area contributed by atoms with Gasteiger partial charge in [-0.25, -0.2) is 0 Å². The smallest absolute Gasteiger partial charge is 0.228 e. The third-order valence-corrected chi connectivity index (χ3v) is 3.47. The third kappa shape index (κ3) is 3.33. The number of carbonyl (C=O) groups is 2. The van der Waals surface area contributed by atoms with E-state index in [0.717, 1.165) is 25.9 Å². The molecule has 2 rings (SSSR count). The molecule has 2 atom stereocenters. The molecule has 2 amide bonds. The largest absolute Gasteiger partial charge is 0.355 e. The Kier molecular flexibility index (Phi) is 5.21. The van der Waals surface area contributed by atoms with Gasteiger partial charge in [0.15, 0.2) is 0 Å². The molecule has 5 nitrogen and oxygen atoms in total. The van der Waals surface area contributed by atoms with Gasteiger partial charge < -0.3 is 15.5 Å². The molecule has 17 heavy (non-hydrogen) atoms. The maximum atomic E-state index is 12.1. The van der Waals surface area contributed by atoms with Crippen molar-refractivity contribution in [1.29, 1.82) is 0 Å². The van der Waals surface area contributed by atoms with Gasteiger partial charge in [-0.15, -0.1) is 12.4 Å². The molecule has 2 aliphatic heterocycles. The Labute approximate surface area is 108 Å². The van der Waals surface area contributed by atoms with Crippen LogP contribution in [0.1, 0.15) is 19.3 Å². The van der Waals surface area contributed by atoms with E-state index >= 15 is 0 Å². The summed E-state index contributed by atoms with van der Waals surface area (Å²) < 4.78 is 0. The van der Waals surface area contributed by atoms with E-state index in [4.69, 9.17) is 0 Å². The lowest BCUT2D eigenvalue weighted by atomic mass is 10.0. The molecule has 0 aromatic rings.